The molecule has 2 N–H and O–H groups in total. The van der Waals surface area contributed by atoms with Crippen molar-refractivity contribution in [2.75, 3.05) is 18.5 Å². The van der Waals surface area contributed by atoms with Gasteiger partial charge in [-0.05, 0) is 0 Å². The monoisotopic (exact) mass is 196 g/mol. The number of anilines is 1. The van der Waals surface area contributed by atoms with E-state index in [4.69, 9.17) is 5.11 Å². The third-order valence-electron chi connectivity index (χ3n) is 2.32. The van der Waals surface area contributed by atoms with Crippen LogP contribution < -0.4 is 10.2 Å². The maximum atomic E-state index is 10.7. The Balaban J connectivity index is 2.34. The van der Waals surface area contributed by atoms with Crippen molar-refractivity contribution in [2.45, 2.75) is 13.1 Å². The molecule has 0 radical (unpaired) electrons. The largest absolute Gasteiger partial charge is 0.465 e. The van der Waals surface area contributed by atoms with E-state index in [9.17, 15) is 4.79 Å². The maximum absolute atomic E-state index is 10.7. The summed E-state index contributed by atoms with van der Waals surface area (Å²) in [7, 11) is 1.50. The molecule has 1 aromatic heterocycles. The Morgan fingerprint density at radius 3 is 3.29 bits per heavy atom. The molecule has 1 aromatic rings. The molecule has 76 valence electrons. The molecule has 1 aliphatic rings. The quantitative estimate of drug-likeness (QED) is 0.668. The zero-order chi connectivity index (χ0) is 10.1. The number of carbonyl (C=O) groups is 1. The highest BCUT2D eigenvalue weighted by Crippen LogP contribution is 2.16. The van der Waals surface area contributed by atoms with Crippen LogP contribution in [0.2, 0.25) is 0 Å². The summed E-state index contributed by atoms with van der Waals surface area (Å²) in [6.45, 7) is 2.37. The fourth-order valence-electron chi connectivity index (χ4n) is 1.55. The first-order chi connectivity index (χ1) is 6.70. The van der Waals surface area contributed by atoms with E-state index < -0.39 is 6.09 Å². The first kappa shape index (κ1) is 9.01. The Kier molecular flexibility index (Phi) is 2.12. The van der Waals surface area contributed by atoms with Gasteiger partial charge in [-0.2, -0.15) is 0 Å². The summed E-state index contributed by atoms with van der Waals surface area (Å²) in [6, 6.07) is 0. The second-order valence-electron chi connectivity index (χ2n) is 3.22. The average Bonchev–Trinajstić information content (AvgIpc) is 2.60. The molecule has 6 heteroatoms. The van der Waals surface area contributed by atoms with E-state index in [2.05, 4.69) is 10.3 Å². The highest BCUT2D eigenvalue weighted by molar-refractivity contribution is 5.83. The zero-order valence-corrected chi connectivity index (χ0v) is 7.90. The highest BCUT2D eigenvalue weighted by Gasteiger charge is 2.19. The van der Waals surface area contributed by atoms with Crippen molar-refractivity contribution in [3.63, 3.8) is 0 Å². The van der Waals surface area contributed by atoms with E-state index in [0.717, 1.165) is 30.2 Å². The number of carboxylic acid groups (broad SMARTS) is 1. The molecule has 0 saturated carbocycles. The first-order valence-electron chi connectivity index (χ1n) is 4.42. The van der Waals surface area contributed by atoms with Gasteiger partial charge in [0.05, 0.1) is 11.9 Å². The van der Waals surface area contributed by atoms with E-state index >= 15 is 0 Å². The summed E-state index contributed by atoms with van der Waals surface area (Å²) in [5.41, 5.74) is 1.03. The van der Waals surface area contributed by atoms with Crippen LogP contribution in [0.1, 0.15) is 5.69 Å². The molecular formula is C8H12N4O2. The van der Waals surface area contributed by atoms with Gasteiger partial charge < -0.3 is 15.0 Å². The lowest BCUT2D eigenvalue weighted by atomic mass is 10.4. The molecule has 14 heavy (non-hydrogen) atoms. The van der Waals surface area contributed by atoms with E-state index in [1.165, 1.54) is 7.05 Å². The first-order valence-corrected chi connectivity index (χ1v) is 4.42. The summed E-state index contributed by atoms with van der Waals surface area (Å²) in [5, 5.41) is 12.0. The second kappa shape index (κ2) is 3.30. The minimum absolute atomic E-state index is 0.494. The van der Waals surface area contributed by atoms with Crippen molar-refractivity contribution in [3.8, 4) is 0 Å². The second-order valence-corrected chi connectivity index (χ2v) is 3.22. The summed E-state index contributed by atoms with van der Waals surface area (Å²) in [6.07, 6.45) is 0.720. The molecule has 0 aromatic carbocycles. The third kappa shape index (κ3) is 1.33. The average molecular weight is 196 g/mol. The standard InChI is InChI=1S/C8H12N4O2/c1-11(8(13)14)7-10-5-6-4-9-2-3-12(6)7/h5,9H,2-4H2,1H3,(H,13,14). The summed E-state index contributed by atoms with van der Waals surface area (Å²) < 4.78 is 1.92. The number of fused-ring (bicyclic) bond motifs is 1. The van der Waals surface area contributed by atoms with Crippen LogP contribution in [-0.4, -0.2) is 34.3 Å². The van der Waals surface area contributed by atoms with Gasteiger partial charge in [0, 0.05) is 26.7 Å². The Morgan fingerprint density at radius 1 is 1.79 bits per heavy atom. The molecule has 0 saturated heterocycles. The minimum Gasteiger partial charge on any atom is -0.465 e. The number of hydrogen-bond acceptors (Lipinski definition) is 3. The Labute approximate surface area is 81.2 Å². The molecule has 0 fully saturated rings. The van der Waals surface area contributed by atoms with Crippen molar-refractivity contribution in [2.24, 2.45) is 0 Å². The van der Waals surface area contributed by atoms with Gasteiger partial charge >= 0.3 is 6.09 Å². The zero-order valence-electron chi connectivity index (χ0n) is 7.90. The van der Waals surface area contributed by atoms with Gasteiger partial charge in [0.2, 0.25) is 5.95 Å². The SMILES string of the molecule is CN(C(=O)O)c1ncc2n1CCNC2. The van der Waals surface area contributed by atoms with Crippen LogP contribution in [0.5, 0.6) is 0 Å². The van der Waals surface area contributed by atoms with E-state index in [1.54, 1.807) is 6.20 Å². The fraction of sp³-hybridized carbons (Fsp3) is 0.500. The molecule has 2 heterocycles. The van der Waals surface area contributed by atoms with Crippen molar-refractivity contribution in [1.29, 1.82) is 0 Å². The lowest BCUT2D eigenvalue weighted by Gasteiger charge is -2.20. The highest BCUT2D eigenvalue weighted by atomic mass is 16.4. The van der Waals surface area contributed by atoms with Gasteiger partial charge in [-0.3, -0.25) is 4.90 Å². The van der Waals surface area contributed by atoms with Crippen LogP contribution in [0, 0.1) is 0 Å². The van der Waals surface area contributed by atoms with Crippen LogP contribution in [0.15, 0.2) is 6.20 Å². The number of aromatic nitrogens is 2. The number of imidazole rings is 1. The molecule has 2 rings (SSSR count). The molecule has 0 spiro atoms. The number of amides is 1. The minimum atomic E-state index is -0.989. The predicted octanol–water partition coefficient (Wildman–Crippen LogP) is 0.100. The molecule has 0 aliphatic carbocycles. The van der Waals surface area contributed by atoms with Crippen LogP contribution in [0.25, 0.3) is 0 Å². The maximum Gasteiger partial charge on any atom is 0.413 e. The number of nitrogens with zero attached hydrogens (tertiary/aromatic N) is 3. The lowest BCUT2D eigenvalue weighted by Crippen LogP contribution is -2.32. The van der Waals surface area contributed by atoms with Crippen LogP contribution >= 0.6 is 0 Å². The van der Waals surface area contributed by atoms with Gasteiger partial charge in [-0.15, -0.1) is 0 Å². The predicted molar refractivity (Wildman–Crippen MR) is 50.4 cm³/mol. The van der Waals surface area contributed by atoms with E-state index in [1.807, 2.05) is 4.57 Å². The Bertz CT molecular complexity index is 360. The molecule has 1 amide bonds. The number of rotatable bonds is 1. The molecule has 6 nitrogen and oxygen atoms in total. The van der Waals surface area contributed by atoms with Crippen molar-refractivity contribution >= 4 is 12.0 Å². The van der Waals surface area contributed by atoms with Gasteiger partial charge in [0.1, 0.15) is 0 Å². The van der Waals surface area contributed by atoms with E-state index in [-0.39, 0.29) is 0 Å². The summed E-state index contributed by atoms with van der Waals surface area (Å²) in [5.74, 6) is 0.494. The Hall–Kier alpha value is -1.56. The Morgan fingerprint density at radius 2 is 2.57 bits per heavy atom. The van der Waals surface area contributed by atoms with Crippen molar-refractivity contribution < 1.29 is 9.90 Å². The third-order valence-corrected chi connectivity index (χ3v) is 2.32. The molecule has 0 bridgehead atoms. The van der Waals surface area contributed by atoms with Crippen molar-refractivity contribution in [1.82, 2.24) is 14.9 Å². The summed E-state index contributed by atoms with van der Waals surface area (Å²) >= 11 is 0. The van der Waals surface area contributed by atoms with Crippen molar-refractivity contribution in [3.05, 3.63) is 11.9 Å². The topological polar surface area (TPSA) is 70.4 Å². The fourth-order valence-corrected chi connectivity index (χ4v) is 1.55. The van der Waals surface area contributed by atoms with E-state index in [0.29, 0.717) is 5.95 Å². The van der Waals surface area contributed by atoms with Crippen LogP contribution in [0.4, 0.5) is 10.7 Å². The van der Waals surface area contributed by atoms with Gasteiger partial charge in [0.25, 0.3) is 0 Å². The van der Waals surface area contributed by atoms with Crippen LogP contribution in [0.3, 0.4) is 0 Å². The molecule has 0 unspecified atom stereocenters. The van der Waals surface area contributed by atoms with Gasteiger partial charge in [-0.25, -0.2) is 9.78 Å². The number of nitrogens with one attached hydrogen (secondary N) is 1. The molecule has 1 aliphatic heterocycles. The summed E-state index contributed by atoms with van der Waals surface area (Å²) in [4.78, 5) is 16.0. The van der Waals surface area contributed by atoms with Crippen LogP contribution in [-0.2, 0) is 13.1 Å². The lowest BCUT2D eigenvalue weighted by molar-refractivity contribution is 0.202. The number of hydrogen-bond donors (Lipinski definition) is 2. The smallest absolute Gasteiger partial charge is 0.413 e. The van der Waals surface area contributed by atoms with Gasteiger partial charge in [-0.1, -0.05) is 0 Å². The molecular weight excluding hydrogens is 184 g/mol. The van der Waals surface area contributed by atoms with Gasteiger partial charge in [0.15, 0.2) is 0 Å². The molecule has 0 atom stereocenters. The normalized spacial score (nSPS) is 14.9.